The van der Waals surface area contributed by atoms with Gasteiger partial charge in [0.25, 0.3) is 0 Å². The maximum atomic E-state index is 13.3. The van der Waals surface area contributed by atoms with Gasteiger partial charge in [-0.1, -0.05) is 18.5 Å². The molecule has 4 bridgehead atoms. The molecule has 30 heavy (non-hydrogen) atoms. The molecule has 4 fully saturated rings. The smallest absolute Gasteiger partial charge is 0.223 e. The first-order valence-electron chi connectivity index (χ1n) is 10.7. The summed E-state index contributed by atoms with van der Waals surface area (Å²) in [5, 5.41) is 21.9. The van der Waals surface area contributed by atoms with Gasteiger partial charge in [-0.15, -0.1) is 0 Å². The number of hydrogen-bond donors (Lipinski definition) is 2. The van der Waals surface area contributed by atoms with Gasteiger partial charge in [0.15, 0.2) is 0 Å². The highest BCUT2D eigenvalue weighted by Gasteiger charge is 2.56. The Bertz CT molecular complexity index is 909. The van der Waals surface area contributed by atoms with Crippen LogP contribution in [0.4, 0.5) is 5.69 Å². The minimum absolute atomic E-state index is 0.0965. The van der Waals surface area contributed by atoms with Gasteiger partial charge in [-0.25, -0.2) is 0 Å². The molecule has 1 aromatic carbocycles. The van der Waals surface area contributed by atoms with Gasteiger partial charge in [-0.3, -0.25) is 4.79 Å². The van der Waals surface area contributed by atoms with Crippen LogP contribution in [0.15, 0.2) is 12.1 Å². The van der Waals surface area contributed by atoms with E-state index >= 15 is 0 Å². The van der Waals surface area contributed by atoms with E-state index in [1.807, 2.05) is 13.0 Å². The highest BCUT2D eigenvalue weighted by atomic mass is 35.5. The Labute approximate surface area is 183 Å². The third-order valence-corrected chi connectivity index (χ3v) is 7.67. The van der Waals surface area contributed by atoms with Crippen LogP contribution < -0.4 is 10.1 Å². The average molecular weight is 429 g/mol. The molecule has 2 heterocycles. The highest BCUT2D eigenvalue weighted by Crippen LogP contribution is 2.56. The van der Waals surface area contributed by atoms with Gasteiger partial charge in [0, 0.05) is 48.4 Å². The van der Waals surface area contributed by atoms with Gasteiger partial charge in [0.1, 0.15) is 5.75 Å². The first-order valence-corrected chi connectivity index (χ1v) is 11.1. The average Bonchev–Trinajstić information content (AvgIpc) is 2.72. The van der Waals surface area contributed by atoms with Gasteiger partial charge in [0.05, 0.1) is 23.6 Å². The zero-order chi connectivity index (χ0) is 21.6. The van der Waals surface area contributed by atoms with E-state index in [0.29, 0.717) is 28.0 Å². The summed E-state index contributed by atoms with van der Waals surface area (Å²) in [7, 11) is 3.34. The van der Waals surface area contributed by atoms with Crippen LogP contribution in [0.25, 0.3) is 0 Å². The molecule has 3 unspecified atom stereocenters. The van der Waals surface area contributed by atoms with E-state index in [-0.39, 0.29) is 35.7 Å². The number of amides is 1. The van der Waals surface area contributed by atoms with Crippen molar-refractivity contribution >= 4 is 28.9 Å². The number of hydrogen-bond acceptors (Lipinski definition) is 5. The summed E-state index contributed by atoms with van der Waals surface area (Å²) >= 11 is 6.52. The number of nitriles is 1. The van der Waals surface area contributed by atoms with Crippen LogP contribution in [-0.4, -0.2) is 42.8 Å². The van der Waals surface area contributed by atoms with Gasteiger partial charge in [-0.05, 0) is 50.2 Å². The minimum atomic E-state index is -0.281. The van der Waals surface area contributed by atoms with Crippen molar-refractivity contribution in [2.45, 2.75) is 57.5 Å². The lowest BCUT2D eigenvalue weighted by Gasteiger charge is -2.59. The SMILES string of the molecule is CNc1ccc(OC)c(Cl)c1C(=N)C(C)CC(=O)N1C2CC3CC1CC(C#N)(C3)C2. The lowest BCUT2D eigenvalue weighted by Crippen LogP contribution is -2.63. The largest absolute Gasteiger partial charge is 0.495 e. The predicted molar refractivity (Wildman–Crippen MR) is 117 cm³/mol. The molecule has 7 heteroatoms. The standard InChI is InChI=1S/C23H29ClN4O2/c1-13(22(26)20-17(27-2)4-5-18(30-3)21(20)24)6-19(29)28-15-7-14-8-16(28)11-23(9-14,10-15)12-25/h4-5,13-16,26-27H,6-11H2,1-3H3. The molecule has 160 valence electrons. The molecule has 0 aromatic heterocycles. The molecular formula is C23H29ClN4O2. The Morgan fingerprint density at radius 2 is 2.07 bits per heavy atom. The highest BCUT2D eigenvalue weighted by molar-refractivity contribution is 6.36. The second-order valence-corrected chi connectivity index (χ2v) is 9.60. The maximum absolute atomic E-state index is 13.3. The van der Waals surface area contributed by atoms with E-state index in [4.69, 9.17) is 21.7 Å². The second-order valence-electron chi connectivity index (χ2n) is 9.22. The lowest BCUT2D eigenvalue weighted by atomic mass is 9.56. The quantitative estimate of drug-likeness (QED) is 0.654. The number of halogens is 1. The molecule has 2 N–H and O–H groups in total. The maximum Gasteiger partial charge on any atom is 0.223 e. The predicted octanol–water partition coefficient (Wildman–Crippen LogP) is 4.47. The first kappa shape index (κ1) is 21.0. The number of methoxy groups -OCH3 is 1. The van der Waals surface area contributed by atoms with Crippen LogP contribution >= 0.6 is 11.6 Å². The van der Waals surface area contributed by atoms with Crippen molar-refractivity contribution in [2.24, 2.45) is 17.3 Å². The van der Waals surface area contributed by atoms with Crippen molar-refractivity contribution in [3.05, 3.63) is 22.7 Å². The van der Waals surface area contributed by atoms with E-state index in [9.17, 15) is 10.1 Å². The summed E-state index contributed by atoms with van der Waals surface area (Å²) in [5.41, 5.74) is 1.44. The number of anilines is 1. The van der Waals surface area contributed by atoms with Crippen molar-refractivity contribution in [1.82, 2.24) is 4.90 Å². The monoisotopic (exact) mass is 428 g/mol. The molecule has 1 amide bonds. The first-order chi connectivity index (χ1) is 14.3. The van der Waals surface area contributed by atoms with Crippen LogP contribution in [0, 0.1) is 34.0 Å². The Morgan fingerprint density at radius 3 is 2.63 bits per heavy atom. The number of piperidine rings is 2. The summed E-state index contributed by atoms with van der Waals surface area (Å²) in [5.74, 6) is 0.909. The van der Waals surface area contributed by atoms with Crippen molar-refractivity contribution < 1.29 is 9.53 Å². The number of nitrogens with one attached hydrogen (secondary N) is 2. The molecule has 5 rings (SSSR count). The van der Waals surface area contributed by atoms with Gasteiger partial charge in [0.2, 0.25) is 5.91 Å². The van der Waals surface area contributed by atoms with Crippen molar-refractivity contribution in [3.8, 4) is 11.8 Å². The van der Waals surface area contributed by atoms with Crippen molar-refractivity contribution in [3.63, 3.8) is 0 Å². The van der Waals surface area contributed by atoms with Crippen LogP contribution in [-0.2, 0) is 4.79 Å². The normalized spacial score (nSPS) is 30.0. The Morgan fingerprint density at radius 1 is 1.40 bits per heavy atom. The fraction of sp³-hybridized carbons (Fsp3) is 0.609. The molecule has 6 nitrogen and oxygen atoms in total. The number of carbonyl (C=O) groups is 1. The zero-order valence-electron chi connectivity index (χ0n) is 17.8. The fourth-order valence-electron chi connectivity index (χ4n) is 6.07. The van der Waals surface area contributed by atoms with E-state index in [1.54, 1.807) is 20.2 Å². The molecule has 2 aliphatic heterocycles. The molecule has 2 saturated heterocycles. The van der Waals surface area contributed by atoms with Crippen LogP contribution in [0.2, 0.25) is 5.02 Å². The van der Waals surface area contributed by atoms with E-state index < -0.39 is 0 Å². The molecule has 2 aliphatic carbocycles. The summed E-state index contributed by atoms with van der Waals surface area (Å²) < 4.78 is 5.32. The second kappa shape index (κ2) is 7.77. The number of benzene rings is 1. The topological polar surface area (TPSA) is 89.2 Å². The van der Waals surface area contributed by atoms with Gasteiger partial charge >= 0.3 is 0 Å². The van der Waals surface area contributed by atoms with Crippen molar-refractivity contribution in [1.29, 1.82) is 10.7 Å². The number of nitrogens with zero attached hydrogens (tertiary/aromatic N) is 2. The van der Waals surface area contributed by atoms with E-state index in [0.717, 1.165) is 37.8 Å². The molecule has 3 atom stereocenters. The molecule has 0 radical (unpaired) electrons. The summed E-state index contributed by atoms with van der Waals surface area (Å²) in [6.07, 6.45) is 4.92. The van der Waals surface area contributed by atoms with Gasteiger partial charge in [-0.2, -0.15) is 5.26 Å². The molecule has 1 aromatic rings. The number of ether oxygens (including phenoxy) is 1. The van der Waals surface area contributed by atoms with Crippen LogP contribution in [0.3, 0.4) is 0 Å². The lowest BCUT2D eigenvalue weighted by molar-refractivity contribution is -0.153. The van der Waals surface area contributed by atoms with E-state index in [2.05, 4.69) is 16.3 Å². The summed E-state index contributed by atoms with van der Waals surface area (Å²) in [4.78, 5) is 15.4. The molecular weight excluding hydrogens is 400 g/mol. The minimum Gasteiger partial charge on any atom is -0.495 e. The zero-order valence-corrected chi connectivity index (χ0v) is 18.6. The third-order valence-electron chi connectivity index (χ3n) is 7.29. The number of carbonyl (C=O) groups excluding carboxylic acids is 1. The van der Waals surface area contributed by atoms with Crippen molar-refractivity contribution in [2.75, 3.05) is 19.5 Å². The summed E-state index contributed by atoms with van der Waals surface area (Å²) in [6.45, 7) is 1.91. The Hall–Kier alpha value is -2.26. The third kappa shape index (κ3) is 3.33. The molecule has 4 aliphatic rings. The fourth-order valence-corrected chi connectivity index (χ4v) is 6.42. The van der Waals surface area contributed by atoms with Gasteiger partial charge < -0.3 is 20.4 Å². The Kier molecular flexibility index (Phi) is 5.44. The van der Waals surface area contributed by atoms with Crippen LogP contribution in [0.1, 0.15) is 51.0 Å². The molecule has 2 saturated carbocycles. The van der Waals surface area contributed by atoms with E-state index in [1.165, 1.54) is 0 Å². The molecule has 0 spiro atoms. The Balaban J connectivity index is 1.51. The van der Waals surface area contributed by atoms with Crippen LogP contribution in [0.5, 0.6) is 5.75 Å². The summed E-state index contributed by atoms with van der Waals surface area (Å²) in [6, 6.07) is 6.54. The number of rotatable bonds is 6.